The lowest BCUT2D eigenvalue weighted by Crippen LogP contribution is -2.74. The molecule has 2 fully saturated rings. The molecule has 1 aliphatic heterocycles. The lowest BCUT2D eigenvalue weighted by atomic mass is 9.68. The Labute approximate surface area is 137 Å². The lowest BCUT2D eigenvalue weighted by molar-refractivity contribution is -0.181. The summed E-state index contributed by atoms with van der Waals surface area (Å²) in [5, 5.41) is 3.02. The Morgan fingerprint density at radius 3 is 2.74 bits per heavy atom. The monoisotopic (exact) mass is 315 g/mol. The highest BCUT2D eigenvalue weighted by atomic mass is 16.2. The number of carbonyl (C=O) groups is 2. The summed E-state index contributed by atoms with van der Waals surface area (Å²) in [6.45, 7) is 4.52. The molecule has 2 heterocycles. The Bertz CT molecular complexity index is 579. The Morgan fingerprint density at radius 1 is 1.39 bits per heavy atom. The van der Waals surface area contributed by atoms with Gasteiger partial charge in [-0.1, -0.05) is 18.9 Å². The van der Waals surface area contributed by atoms with E-state index in [1.165, 1.54) is 0 Å². The van der Waals surface area contributed by atoms with Gasteiger partial charge in [0.25, 0.3) is 0 Å². The molecule has 1 unspecified atom stereocenters. The van der Waals surface area contributed by atoms with E-state index in [-0.39, 0.29) is 23.9 Å². The molecule has 1 aromatic heterocycles. The van der Waals surface area contributed by atoms with Gasteiger partial charge in [-0.2, -0.15) is 0 Å². The van der Waals surface area contributed by atoms with Crippen molar-refractivity contribution in [2.24, 2.45) is 5.41 Å². The molecule has 1 aromatic rings. The molecule has 0 radical (unpaired) electrons. The molecule has 5 nitrogen and oxygen atoms in total. The number of amides is 2. The fourth-order valence-electron chi connectivity index (χ4n) is 4.05. The second-order valence-electron chi connectivity index (χ2n) is 6.93. The molecule has 0 bridgehead atoms. The van der Waals surface area contributed by atoms with E-state index in [0.717, 1.165) is 31.4 Å². The van der Waals surface area contributed by atoms with Crippen LogP contribution < -0.4 is 5.32 Å². The van der Waals surface area contributed by atoms with Crippen molar-refractivity contribution in [3.05, 3.63) is 30.1 Å². The molecular weight excluding hydrogens is 290 g/mol. The summed E-state index contributed by atoms with van der Waals surface area (Å²) < 4.78 is 0. The summed E-state index contributed by atoms with van der Waals surface area (Å²) in [5.41, 5.74) is 0.549. The summed E-state index contributed by atoms with van der Waals surface area (Å²) in [6.07, 6.45) is 6.28. The van der Waals surface area contributed by atoms with Gasteiger partial charge in [0, 0.05) is 30.9 Å². The average Bonchev–Trinajstić information content (AvgIpc) is 3.04. The summed E-state index contributed by atoms with van der Waals surface area (Å²) in [6, 6.07) is 5.56. The van der Waals surface area contributed by atoms with Crippen molar-refractivity contribution in [1.29, 1.82) is 0 Å². The van der Waals surface area contributed by atoms with E-state index in [4.69, 9.17) is 0 Å². The summed E-state index contributed by atoms with van der Waals surface area (Å²) in [4.78, 5) is 31.3. The molecule has 5 heteroatoms. The zero-order chi connectivity index (χ0) is 16.4. The Kier molecular flexibility index (Phi) is 4.37. The first-order valence-electron chi connectivity index (χ1n) is 8.56. The van der Waals surface area contributed by atoms with Crippen molar-refractivity contribution in [2.45, 2.75) is 58.0 Å². The van der Waals surface area contributed by atoms with E-state index < -0.39 is 5.41 Å². The third kappa shape index (κ3) is 2.73. The molecule has 2 aliphatic rings. The van der Waals surface area contributed by atoms with Crippen molar-refractivity contribution < 1.29 is 9.59 Å². The molecule has 23 heavy (non-hydrogen) atoms. The van der Waals surface area contributed by atoms with Gasteiger partial charge in [0.2, 0.25) is 11.8 Å². The van der Waals surface area contributed by atoms with E-state index in [2.05, 4.69) is 10.3 Å². The number of carbonyl (C=O) groups excluding carboxylic acids is 2. The second-order valence-corrected chi connectivity index (χ2v) is 6.93. The van der Waals surface area contributed by atoms with Crippen LogP contribution in [0.2, 0.25) is 0 Å². The van der Waals surface area contributed by atoms with Crippen LogP contribution in [0, 0.1) is 5.41 Å². The normalized spacial score (nSPS) is 22.5. The average molecular weight is 315 g/mol. The standard InChI is InChI=1S/C18H25N3O2/c1-13(2)21-15(18(17(21)23)9-4-5-10-18)16(22)20-12-8-14-7-3-6-11-19-14/h3,6-7,11,13,15H,4-5,8-10,12H2,1-2H3,(H,20,22). The van der Waals surface area contributed by atoms with Crippen LogP contribution in [0.1, 0.15) is 45.2 Å². The van der Waals surface area contributed by atoms with Crippen LogP contribution in [0.25, 0.3) is 0 Å². The summed E-state index contributed by atoms with van der Waals surface area (Å²) in [5.74, 6) is 0.172. The van der Waals surface area contributed by atoms with Crippen LogP contribution in [0.15, 0.2) is 24.4 Å². The molecule has 1 saturated heterocycles. The minimum atomic E-state index is -0.417. The van der Waals surface area contributed by atoms with Gasteiger partial charge in [-0.25, -0.2) is 0 Å². The highest BCUT2D eigenvalue weighted by Gasteiger charge is 2.64. The smallest absolute Gasteiger partial charge is 0.243 e. The van der Waals surface area contributed by atoms with Crippen molar-refractivity contribution in [2.75, 3.05) is 6.54 Å². The topological polar surface area (TPSA) is 62.3 Å². The SMILES string of the molecule is CC(C)N1C(=O)C2(CCCC2)C1C(=O)NCCc1ccccn1. The Balaban J connectivity index is 1.63. The van der Waals surface area contributed by atoms with Gasteiger partial charge < -0.3 is 10.2 Å². The number of pyridine rings is 1. The largest absolute Gasteiger partial charge is 0.354 e. The van der Waals surface area contributed by atoms with Crippen LogP contribution in [0.3, 0.4) is 0 Å². The maximum atomic E-state index is 12.7. The van der Waals surface area contributed by atoms with E-state index >= 15 is 0 Å². The zero-order valence-corrected chi connectivity index (χ0v) is 13.9. The van der Waals surface area contributed by atoms with E-state index in [1.54, 1.807) is 11.1 Å². The number of nitrogens with zero attached hydrogens (tertiary/aromatic N) is 2. The first-order valence-corrected chi connectivity index (χ1v) is 8.56. The predicted molar refractivity (Wildman–Crippen MR) is 87.6 cm³/mol. The lowest BCUT2D eigenvalue weighted by Gasteiger charge is -2.55. The molecule has 1 aliphatic carbocycles. The predicted octanol–water partition coefficient (Wildman–Crippen LogP) is 1.92. The minimum Gasteiger partial charge on any atom is -0.354 e. The van der Waals surface area contributed by atoms with Gasteiger partial charge in [-0.05, 0) is 38.8 Å². The van der Waals surface area contributed by atoms with Crippen molar-refractivity contribution >= 4 is 11.8 Å². The van der Waals surface area contributed by atoms with Crippen molar-refractivity contribution in [1.82, 2.24) is 15.2 Å². The summed E-state index contributed by atoms with van der Waals surface area (Å²) in [7, 11) is 0. The zero-order valence-electron chi connectivity index (χ0n) is 13.9. The first kappa shape index (κ1) is 16.0. The molecule has 1 atom stereocenters. The van der Waals surface area contributed by atoms with Crippen molar-refractivity contribution in [3.8, 4) is 0 Å². The van der Waals surface area contributed by atoms with Gasteiger partial charge in [-0.15, -0.1) is 0 Å². The molecule has 3 rings (SSSR count). The molecule has 1 spiro atoms. The van der Waals surface area contributed by atoms with E-state index in [0.29, 0.717) is 13.0 Å². The van der Waals surface area contributed by atoms with Crippen molar-refractivity contribution in [3.63, 3.8) is 0 Å². The van der Waals surface area contributed by atoms with Gasteiger partial charge in [0.15, 0.2) is 0 Å². The van der Waals surface area contributed by atoms with Crippen LogP contribution in [-0.2, 0) is 16.0 Å². The number of likely N-dealkylation sites (tertiary alicyclic amines) is 1. The van der Waals surface area contributed by atoms with Crippen LogP contribution in [-0.4, -0.2) is 40.3 Å². The number of hydrogen-bond acceptors (Lipinski definition) is 3. The third-order valence-electron chi connectivity index (χ3n) is 5.17. The number of aromatic nitrogens is 1. The van der Waals surface area contributed by atoms with Gasteiger partial charge >= 0.3 is 0 Å². The van der Waals surface area contributed by atoms with Crippen LogP contribution in [0.5, 0.6) is 0 Å². The van der Waals surface area contributed by atoms with E-state index in [1.807, 2.05) is 32.0 Å². The second kappa shape index (κ2) is 6.30. The van der Waals surface area contributed by atoms with Crippen LogP contribution in [0.4, 0.5) is 0 Å². The fraction of sp³-hybridized carbons (Fsp3) is 0.611. The maximum absolute atomic E-state index is 12.7. The molecule has 1 N–H and O–H groups in total. The summed E-state index contributed by atoms with van der Waals surface area (Å²) >= 11 is 0. The number of hydrogen-bond donors (Lipinski definition) is 1. The van der Waals surface area contributed by atoms with Gasteiger partial charge in [0.05, 0.1) is 5.41 Å². The van der Waals surface area contributed by atoms with Gasteiger partial charge in [-0.3, -0.25) is 14.6 Å². The molecule has 124 valence electrons. The molecule has 2 amide bonds. The third-order valence-corrected chi connectivity index (χ3v) is 5.17. The molecule has 0 aromatic carbocycles. The van der Waals surface area contributed by atoms with E-state index in [9.17, 15) is 9.59 Å². The minimum absolute atomic E-state index is 0.00358. The fourth-order valence-corrected chi connectivity index (χ4v) is 4.05. The van der Waals surface area contributed by atoms with Gasteiger partial charge in [0.1, 0.15) is 6.04 Å². The number of rotatable bonds is 5. The maximum Gasteiger partial charge on any atom is 0.243 e. The Hall–Kier alpha value is -1.91. The van der Waals surface area contributed by atoms with Crippen LogP contribution >= 0.6 is 0 Å². The number of nitrogens with one attached hydrogen (secondary N) is 1. The molecular formula is C18H25N3O2. The first-order chi connectivity index (χ1) is 11.1. The number of β-lactam (4-membered cyclic amide) rings is 1. The molecule has 1 saturated carbocycles. The Morgan fingerprint density at radius 2 is 2.13 bits per heavy atom. The quantitative estimate of drug-likeness (QED) is 0.845. The highest BCUT2D eigenvalue weighted by Crippen LogP contribution is 2.52. The highest BCUT2D eigenvalue weighted by molar-refractivity contribution is 6.02.